The van der Waals surface area contributed by atoms with E-state index in [0.29, 0.717) is 51.9 Å². The number of piperazine rings is 1. The lowest BCUT2D eigenvalue weighted by molar-refractivity contribution is -0.181. The third-order valence-electron chi connectivity index (χ3n) is 4.96. The lowest BCUT2D eigenvalue weighted by atomic mass is 10.2. The molecular weight excluding hydrogens is 385 g/mol. The highest BCUT2D eigenvalue weighted by Crippen LogP contribution is 2.25. The Balaban J connectivity index is 1.82. The summed E-state index contributed by atoms with van der Waals surface area (Å²) in [4.78, 5) is 7.74. The summed E-state index contributed by atoms with van der Waals surface area (Å²) in [7, 11) is 3.35. The van der Waals surface area contributed by atoms with Gasteiger partial charge >= 0.3 is 6.18 Å². The minimum Gasteiger partial charge on any atom is -0.493 e. The first-order valence-corrected chi connectivity index (χ1v) is 9.82. The van der Waals surface area contributed by atoms with Crippen molar-refractivity contribution in [2.24, 2.45) is 4.99 Å². The molecule has 1 aromatic carbocycles. The second-order valence-corrected chi connectivity index (χ2v) is 6.98. The lowest BCUT2D eigenvalue weighted by Gasteiger charge is -2.39. The molecule has 164 valence electrons. The zero-order chi connectivity index (χ0) is 21.3. The molecule has 1 atom stereocenters. The van der Waals surface area contributed by atoms with Gasteiger partial charge in [-0.25, -0.2) is 0 Å². The summed E-state index contributed by atoms with van der Waals surface area (Å²) in [5, 5.41) is 3.29. The van der Waals surface area contributed by atoms with E-state index in [1.165, 1.54) is 11.8 Å². The Hall–Kier alpha value is -2.00. The van der Waals surface area contributed by atoms with Gasteiger partial charge in [0.25, 0.3) is 0 Å². The summed E-state index contributed by atoms with van der Waals surface area (Å²) < 4.78 is 49.4. The molecule has 1 aliphatic rings. The van der Waals surface area contributed by atoms with Gasteiger partial charge in [0.15, 0.2) is 5.96 Å². The van der Waals surface area contributed by atoms with Crippen molar-refractivity contribution in [1.82, 2.24) is 15.1 Å². The Morgan fingerprint density at radius 2 is 1.93 bits per heavy atom. The van der Waals surface area contributed by atoms with Crippen LogP contribution in [0.3, 0.4) is 0 Å². The Kier molecular flexibility index (Phi) is 9.03. The third-order valence-corrected chi connectivity index (χ3v) is 4.96. The summed E-state index contributed by atoms with van der Waals surface area (Å²) in [6, 6.07) is 6.38. The molecule has 6 nitrogen and oxygen atoms in total. The van der Waals surface area contributed by atoms with Crippen molar-refractivity contribution in [3.63, 3.8) is 0 Å². The Morgan fingerprint density at radius 1 is 1.21 bits per heavy atom. The van der Waals surface area contributed by atoms with Crippen LogP contribution < -0.4 is 10.1 Å². The van der Waals surface area contributed by atoms with E-state index < -0.39 is 12.2 Å². The quantitative estimate of drug-likeness (QED) is 0.401. The molecule has 29 heavy (non-hydrogen) atoms. The molecule has 1 N–H and O–H groups in total. The average molecular weight is 416 g/mol. The zero-order valence-corrected chi connectivity index (χ0v) is 17.3. The maximum atomic E-state index is 12.9. The molecule has 0 aliphatic carbocycles. The molecular formula is C20H31F3N4O2. The normalized spacial score (nSPS) is 17.3. The number of guanidine groups is 1. The number of ether oxygens (including phenoxy) is 2. The number of alkyl halides is 3. The van der Waals surface area contributed by atoms with Gasteiger partial charge in [-0.2, -0.15) is 13.2 Å². The Labute approximate surface area is 170 Å². The van der Waals surface area contributed by atoms with Crippen molar-refractivity contribution in [2.45, 2.75) is 32.1 Å². The number of rotatable bonds is 8. The van der Waals surface area contributed by atoms with E-state index in [4.69, 9.17) is 9.47 Å². The lowest BCUT2D eigenvalue weighted by Crippen LogP contribution is -2.56. The van der Waals surface area contributed by atoms with Crippen LogP contribution in [0.4, 0.5) is 13.2 Å². The number of halogens is 3. The molecule has 0 saturated carbocycles. The highest BCUT2D eigenvalue weighted by Gasteiger charge is 2.41. The first-order chi connectivity index (χ1) is 13.8. The highest BCUT2D eigenvalue weighted by atomic mass is 19.4. The number of nitrogens with one attached hydrogen (secondary N) is 1. The van der Waals surface area contributed by atoms with Gasteiger partial charge in [-0.3, -0.25) is 9.89 Å². The first kappa shape index (κ1) is 23.3. The standard InChI is InChI=1S/C20H31F3N4O2/c1-16(20(21,22)23)26-8-10-27(11-9-26)19(24-2)25-15-17-6-4-7-18(14-17)29-13-5-12-28-3/h4,6-7,14,16H,5,8-13,15H2,1-3H3,(H,24,25). The minimum absolute atomic E-state index is 0.353. The second kappa shape index (κ2) is 11.3. The number of hydrogen-bond acceptors (Lipinski definition) is 4. The molecule has 0 radical (unpaired) electrons. The topological polar surface area (TPSA) is 49.3 Å². The van der Waals surface area contributed by atoms with Crippen molar-refractivity contribution in [1.29, 1.82) is 0 Å². The Morgan fingerprint density at radius 3 is 2.55 bits per heavy atom. The van der Waals surface area contributed by atoms with Crippen LogP contribution >= 0.6 is 0 Å². The van der Waals surface area contributed by atoms with Crippen LogP contribution in [0, 0.1) is 0 Å². The van der Waals surface area contributed by atoms with Gasteiger partial charge in [0, 0.05) is 59.9 Å². The van der Waals surface area contributed by atoms with Crippen molar-refractivity contribution in [3.8, 4) is 5.75 Å². The molecule has 1 fully saturated rings. The molecule has 1 aromatic rings. The van der Waals surface area contributed by atoms with Gasteiger partial charge in [0.05, 0.1) is 6.61 Å². The Bertz CT molecular complexity index is 647. The average Bonchev–Trinajstić information content (AvgIpc) is 2.71. The number of hydrogen-bond donors (Lipinski definition) is 1. The van der Waals surface area contributed by atoms with E-state index in [-0.39, 0.29) is 0 Å². The van der Waals surface area contributed by atoms with Gasteiger partial charge < -0.3 is 19.7 Å². The monoisotopic (exact) mass is 416 g/mol. The summed E-state index contributed by atoms with van der Waals surface area (Å²) >= 11 is 0. The zero-order valence-electron chi connectivity index (χ0n) is 17.3. The number of benzene rings is 1. The van der Waals surface area contributed by atoms with E-state index in [1.54, 1.807) is 14.2 Å². The largest absolute Gasteiger partial charge is 0.493 e. The van der Waals surface area contributed by atoms with Crippen LogP contribution in [0.15, 0.2) is 29.3 Å². The fourth-order valence-corrected chi connectivity index (χ4v) is 3.18. The molecule has 1 unspecified atom stereocenters. The predicted octanol–water partition coefficient (Wildman–Crippen LogP) is 2.75. The van der Waals surface area contributed by atoms with Crippen molar-refractivity contribution >= 4 is 5.96 Å². The molecule has 0 spiro atoms. The maximum Gasteiger partial charge on any atom is 0.403 e. The number of nitrogens with zero attached hydrogens (tertiary/aromatic N) is 3. The van der Waals surface area contributed by atoms with Gasteiger partial charge in [0.1, 0.15) is 11.8 Å². The minimum atomic E-state index is -4.20. The van der Waals surface area contributed by atoms with Crippen molar-refractivity contribution in [3.05, 3.63) is 29.8 Å². The van der Waals surface area contributed by atoms with Crippen molar-refractivity contribution < 1.29 is 22.6 Å². The fraction of sp³-hybridized carbons (Fsp3) is 0.650. The summed E-state index contributed by atoms with van der Waals surface area (Å²) in [6.45, 7) is 4.73. The molecule has 0 aromatic heterocycles. The summed E-state index contributed by atoms with van der Waals surface area (Å²) in [5.41, 5.74) is 1.04. The molecule has 9 heteroatoms. The van der Waals surface area contributed by atoms with Crippen LogP contribution in [-0.2, 0) is 11.3 Å². The van der Waals surface area contributed by atoms with E-state index in [1.807, 2.05) is 29.2 Å². The second-order valence-electron chi connectivity index (χ2n) is 6.98. The van der Waals surface area contributed by atoms with Crippen molar-refractivity contribution in [2.75, 3.05) is 53.6 Å². The third kappa shape index (κ3) is 7.40. The highest BCUT2D eigenvalue weighted by molar-refractivity contribution is 5.80. The smallest absolute Gasteiger partial charge is 0.403 e. The molecule has 0 amide bonds. The van der Waals surface area contributed by atoms with E-state index in [0.717, 1.165) is 17.7 Å². The molecule has 0 bridgehead atoms. The van der Waals surface area contributed by atoms with E-state index in [9.17, 15) is 13.2 Å². The SMILES string of the molecule is CN=C(NCc1cccc(OCCCOC)c1)N1CCN(C(C)C(F)(F)F)CC1. The number of methoxy groups -OCH3 is 1. The fourth-order valence-electron chi connectivity index (χ4n) is 3.18. The van der Waals surface area contributed by atoms with E-state index >= 15 is 0 Å². The van der Waals surface area contributed by atoms with Crippen LogP contribution in [0.25, 0.3) is 0 Å². The van der Waals surface area contributed by atoms with Gasteiger partial charge in [0.2, 0.25) is 0 Å². The maximum absolute atomic E-state index is 12.9. The van der Waals surface area contributed by atoms with Gasteiger partial charge in [-0.05, 0) is 24.6 Å². The number of aliphatic imine (C=N–C) groups is 1. The predicted molar refractivity (Wildman–Crippen MR) is 107 cm³/mol. The van der Waals surface area contributed by atoms with Crippen LogP contribution in [0.1, 0.15) is 18.9 Å². The summed E-state index contributed by atoms with van der Waals surface area (Å²) in [6.07, 6.45) is -3.37. The molecule has 1 aliphatic heterocycles. The summed E-state index contributed by atoms with van der Waals surface area (Å²) in [5.74, 6) is 1.49. The van der Waals surface area contributed by atoms with Gasteiger partial charge in [-0.1, -0.05) is 12.1 Å². The van der Waals surface area contributed by atoms with Crippen LogP contribution in [0.5, 0.6) is 5.75 Å². The molecule has 1 heterocycles. The van der Waals surface area contributed by atoms with Gasteiger partial charge in [-0.15, -0.1) is 0 Å². The molecule has 2 rings (SSSR count). The first-order valence-electron chi connectivity index (χ1n) is 9.82. The van der Waals surface area contributed by atoms with Crippen LogP contribution in [0.2, 0.25) is 0 Å². The van der Waals surface area contributed by atoms with E-state index in [2.05, 4.69) is 10.3 Å². The molecule has 1 saturated heterocycles. The van der Waals surface area contributed by atoms with Crippen LogP contribution in [-0.4, -0.2) is 81.5 Å².